The summed E-state index contributed by atoms with van der Waals surface area (Å²) >= 11 is 7.37. The lowest BCUT2D eigenvalue weighted by molar-refractivity contribution is 0.262. The molecule has 1 aromatic heterocycles. The first-order valence-corrected chi connectivity index (χ1v) is 7.72. The van der Waals surface area contributed by atoms with E-state index >= 15 is 0 Å². The normalized spacial score (nSPS) is 13.0. The van der Waals surface area contributed by atoms with Crippen molar-refractivity contribution in [2.45, 2.75) is 25.7 Å². The van der Waals surface area contributed by atoms with Gasteiger partial charge in [0.2, 0.25) is 0 Å². The van der Waals surface area contributed by atoms with Crippen LogP contribution in [-0.4, -0.2) is 11.0 Å². The van der Waals surface area contributed by atoms with Crippen LogP contribution in [0.1, 0.15) is 23.4 Å². The van der Waals surface area contributed by atoms with Gasteiger partial charge in [0.1, 0.15) is 0 Å². The average Bonchev–Trinajstić information content (AvgIpc) is 2.83. The zero-order chi connectivity index (χ0) is 13.9. The van der Waals surface area contributed by atoms with E-state index in [9.17, 15) is 4.79 Å². The van der Waals surface area contributed by atoms with Crippen LogP contribution in [0.4, 0.5) is 15.6 Å². The molecule has 0 bridgehead atoms. The van der Waals surface area contributed by atoms with Crippen LogP contribution >= 0.6 is 35.3 Å². The molecule has 0 aliphatic heterocycles. The van der Waals surface area contributed by atoms with Crippen LogP contribution in [0.15, 0.2) is 24.3 Å². The summed E-state index contributed by atoms with van der Waals surface area (Å²) in [5.41, 5.74) is 1.84. The number of thiazole rings is 1. The molecular weight excluding hydrogens is 329 g/mol. The molecule has 4 nitrogen and oxygen atoms in total. The van der Waals surface area contributed by atoms with Crippen molar-refractivity contribution >= 4 is 52.2 Å². The standard InChI is InChI=1S/C14H14ClN3OS.ClH/c15-9-5-7-10(8-6-9)16-13(19)18-14-17-11-3-1-2-4-12(11)20-14;/h5-8H,1-4H2,(H2,16,17,18,19);1H. The Morgan fingerprint density at radius 1 is 1.14 bits per heavy atom. The third-order valence-corrected chi connectivity index (χ3v) is 4.49. The van der Waals surface area contributed by atoms with Crippen LogP contribution in [0.2, 0.25) is 5.02 Å². The Balaban J connectivity index is 0.00000161. The molecule has 2 aromatic rings. The number of nitrogens with zero attached hydrogens (tertiary/aromatic N) is 1. The molecule has 2 amide bonds. The number of rotatable bonds is 2. The molecule has 1 aliphatic carbocycles. The molecule has 0 atom stereocenters. The van der Waals surface area contributed by atoms with Gasteiger partial charge in [0.05, 0.1) is 5.69 Å². The Bertz CT molecular complexity index is 604. The molecule has 1 heterocycles. The van der Waals surface area contributed by atoms with Crippen LogP contribution in [0.3, 0.4) is 0 Å². The number of aryl methyl sites for hydroxylation is 2. The summed E-state index contributed by atoms with van der Waals surface area (Å²) in [6.45, 7) is 0. The zero-order valence-electron chi connectivity index (χ0n) is 11.2. The van der Waals surface area contributed by atoms with Crippen LogP contribution in [-0.2, 0) is 12.8 Å². The second-order valence-corrected chi connectivity index (χ2v) is 6.20. The number of carbonyl (C=O) groups excluding carboxylic acids is 1. The van der Waals surface area contributed by atoms with E-state index in [2.05, 4.69) is 15.6 Å². The lowest BCUT2D eigenvalue weighted by Crippen LogP contribution is -2.19. The van der Waals surface area contributed by atoms with Gasteiger partial charge in [0.25, 0.3) is 0 Å². The highest BCUT2D eigenvalue weighted by Crippen LogP contribution is 2.29. The predicted octanol–water partition coefficient (Wildman–Crippen LogP) is 4.74. The quantitative estimate of drug-likeness (QED) is 0.827. The zero-order valence-corrected chi connectivity index (χ0v) is 13.6. The summed E-state index contributed by atoms with van der Waals surface area (Å²) in [5, 5.41) is 6.85. The largest absolute Gasteiger partial charge is 0.325 e. The molecule has 0 fully saturated rings. The molecule has 0 radical (unpaired) electrons. The number of halogens is 2. The molecule has 112 valence electrons. The number of aromatic nitrogens is 1. The summed E-state index contributed by atoms with van der Waals surface area (Å²) in [5.74, 6) is 0. The molecule has 0 spiro atoms. The molecule has 21 heavy (non-hydrogen) atoms. The Labute approximate surface area is 138 Å². The topological polar surface area (TPSA) is 54.0 Å². The van der Waals surface area contributed by atoms with Gasteiger partial charge in [-0.05, 0) is 49.9 Å². The molecule has 0 saturated carbocycles. The first kappa shape index (κ1) is 16.1. The maximum absolute atomic E-state index is 11.9. The van der Waals surface area contributed by atoms with E-state index in [0.717, 1.165) is 18.5 Å². The van der Waals surface area contributed by atoms with Crippen molar-refractivity contribution in [3.63, 3.8) is 0 Å². The Hall–Kier alpha value is -1.30. The first-order chi connectivity index (χ1) is 9.70. The second kappa shape index (κ2) is 7.11. The van der Waals surface area contributed by atoms with Crippen molar-refractivity contribution in [2.75, 3.05) is 10.6 Å². The molecule has 1 aromatic carbocycles. The number of amides is 2. The fraction of sp³-hybridized carbons (Fsp3) is 0.286. The number of fused-ring (bicyclic) bond motifs is 1. The summed E-state index contributed by atoms with van der Waals surface area (Å²) in [6, 6.07) is 6.71. The van der Waals surface area contributed by atoms with E-state index in [1.807, 2.05) is 0 Å². The fourth-order valence-electron chi connectivity index (χ4n) is 2.20. The lowest BCUT2D eigenvalue weighted by Gasteiger charge is -2.06. The highest BCUT2D eigenvalue weighted by atomic mass is 35.5. The van der Waals surface area contributed by atoms with Gasteiger partial charge in [-0.25, -0.2) is 9.78 Å². The average molecular weight is 344 g/mol. The van der Waals surface area contributed by atoms with Crippen molar-refractivity contribution in [1.29, 1.82) is 0 Å². The van der Waals surface area contributed by atoms with E-state index in [1.165, 1.54) is 17.7 Å². The molecule has 0 saturated heterocycles. The first-order valence-electron chi connectivity index (χ1n) is 6.53. The van der Waals surface area contributed by atoms with Crippen molar-refractivity contribution in [3.8, 4) is 0 Å². The molecule has 1 aliphatic rings. The summed E-state index contributed by atoms with van der Waals surface area (Å²) in [4.78, 5) is 17.7. The summed E-state index contributed by atoms with van der Waals surface area (Å²) < 4.78 is 0. The predicted molar refractivity (Wildman–Crippen MR) is 90.1 cm³/mol. The van der Waals surface area contributed by atoms with E-state index in [-0.39, 0.29) is 18.4 Å². The van der Waals surface area contributed by atoms with Gasteiger partial charge in [0.15, 0.2) is 5.13 Å². The number of carbonyl (C=O) groups is 1. The summed E-state index contributed by atoms with van der Waals surface area (Å²) in [7, 11) is 0. The van der Waals surface area contributed by atoms with Gasteiger partial charge in [0, 0.05) is 15.6 Å². The third-order valence-electron chi connectivity index (χ3n) is 3.17. The highest BCUT2D eigenvalue weighted by molar-refractivity contribution is 7.15. The SMILES string of the molecule is Cl.O=C(Nc1ccc(Cl)cc1)Nc1nc2c(s1)CCCC2. The Kier molecular flexibility index (Phi) is 5.45. The fourth-order valence-corrected chi connectivity index (χ4v) is 3.37. The van der Waals surface area contributed by atoms with Gasteiger partial charge in [-0.1, -0.05) is 11.6 Å². The summed E-state index contributed by atoms with van der Waals surface area (Å²) in [6.07, 6.45) is 4.50. The van der Waals surface area contributed by atoms with Gasteiger partial charge >= 0.3 is 6.03 Å². The minimum Gasteiger partial charge on any atom is -0.308 e. The second-order valence-electron chi connectivity index (χ2n) is 4.68. The van der Waals surface area contributed by atoms with Gasteiger partial charge in [-0.15, -0.1) is 23.7 Å². The third kappa shape index (κ3) is 4.09. The highest BCUT2D eigenvalue weighted by Gasteiger charge is 2.16. The van der Waals surface area contributed by atoms with Crippen molar-refractivity contribution in [3.05, 3.63) is 39.9 Å². The number of benzene rings is 1. The van der Waals surface area contributed by atoms with Crippen LogP contribution in [0.5, 0.6) is 0 Å². The van der Waals surface area contributed by atoms with Crippen molar-refractivity contribution in [1.82, 2.24) is 4.98 Å². The maximum Gasteiger partial charge on any atom is 0.325 e. The van der Waals surface area contributed by atoms with E-state index in [1.54, 1.807) is 35.6 Å². The van der Waals surface area contributed by atoms with Crippen molar-refractivity contribution in [2.24, 2.45) is 0 Å². The molecule has 0 unspecified atom stereocenters. The number of urea groups is 1. The van der Waals surface area contributed by atoms with Crippen LogP contribution < -0.4 is 10.6 Å². The minimum atomic E-state index is -0.279. The number of hydrogen-bond donors (Lipinski definition) is 2. The van der Waals surface area contributed by atoms with Crippen LogP contribution in [0, 0.1) is 0 Å². The van der Waals surface area contributed by atoms with E-state index in [0.29, 0.717) is 15.8 Å². The van der Waals surface area contributed by atoms with Crippen molar-refractivity contribution < 1.29 is 4.79 Å². The van der Waals surface area contributed by atoms with Gasteiger partial charge < -0.3 is 5.32 Å². The molecule has 7 heteroatoms. The van der Waals surface area contributed by atoms with E-state index in [4.69, 9.17) is 11.6 Å². The molecular formula is C14H15Cl2N3OS. The number of anilines is 2. The monoisotopic (exact) mass is 343 g/mol. The Morgan fingerprint density at radius 3 is 2.57 bits per heavy atom. The van der Waals surface area contributed by atoms with Gasteiger partial charge in [-0.3, -0.25) is 5.32 Å². The smallest absolute Gasteiger partial charge is 0.308 e. The Morgan fingerprint density at radius 2 is 1.86 bits per heavy atom. The van der Waals surface area contributed by atoms with Crippen LogP contribution in [0.25, 0.3) is 0 Å². The lowest BCUT2D eigenvalue weighted by atomic mass is 10.0. The molecule has 3 rings (SSSR count). The van der Waals surface area contributed by atoms with E-state index < -0.39 is 0 Å². The number of hydrogen-bond acceptors (Lipinski definition) is 3. The number of nitrogens with one attached hydrogen (secondary N) is 2. The maximum atomic E-state index is 11.9. The molecule has 2 N–H and O–H groups in total. The minimum absolute atomic E-state index is 0. The van der Waals surface area contributed by atoms with Gasteiger partial charge in [-0.2, -0.15) is 0 Å².